The third kappa shape index (κ3) is 6.16. The molecule has 0 bridgehead atoms. The summed E-state index contributed by atoms with van der Waals surface area (Å²) >= 11 is 0. The largest absolute Gasteiger partial charge is 0.489 e. The molecular formula is C35H44N2O3. The monoisotopic (exact) mass is 540 g/mol. The van der Waals surface area contributed by atoms with E-state index in [9.17, 15) is 0 Å². The predicted octanol–water partition coefficient (Wildman–Crippen LogP) is 7.89. The molecule has 2 fully saturated rings. The van der Waals surface area contributed by atoms with Gasteiger partial charge in [0.05, 0.1) is 12.2 Å². The number of ether oxygens (including phenoxy) is 3. The summed E-state index contributed by atoms with van der Waals surface area (Å²) in [4.78, 5) is 2.57. The van der Waals surface area contributed by atoms with Gasteiger partial charge in [0.2, 0.25) is 0 Å². The van der Waals surface area contributed by atoms with Gasteiger partial charge in [-0.1, -0.05) is 48.9 Å². The Morgan fingerprint density at radius 1 is 0.925 bits per heavy atom. The van der Waals surface area contributed by atoms with Crippen LogP contribution >= 0.6 is 0 Å². The molecule has 3 aromatic rings. The second-order valence-electron chi connectivity index (χ2n) is 12.4. The van der Waals surface area contributed by atoms with Crippen LogP contribution in [0.2, 0.25) is 0 Å². The van der Waals surface area contributed by atoms with Gasteiger partial charge in [0.25, 0.3) is 0 Å². The zero-order valence-electron chi connectivity index (χ0n) is 24.3. The molecule has 3 aliphatic rings. The van der Waals surface area contributed by atoms with E-state index < -0.39 is 0 Å². The lowest BCUT2D eigenvalue weighted by atomic mass is 9.75. The number of rotatable bonds is 8. The van der Waals surface area contributed by atoms with Crippen molar-refractivity contribution < 1.29 is 14.2 Å². The normalized spacial score (nSPS) is 23.9. The fourth-order valence-corrected chi connectivity index (χ4v) is 6.58. The second-order valence-corrected chi connectivity index (χ2v) is 12.4. The highest BCUT2D eigenvalue weighted by atomic mass is 16.5. The van der Waals surface area contributed by atoms with Crippen LogP contribution in [0.4, 0.5) is 5.69 Å². The molecule has 6 rings (SSSR count). The minimum atomic E-state index is -0.279. The highest BCUT2D eigenvalue weighted by Crippen LogP contribution is 2.52. The van der Waals surface area contributed by atoms with Crippen LogP contribution < -0.4 is 14.8 Å². The number of likely N-dealkylation sites (tertiary alicyclic amines) is 1. The number of piperidine rings is 1. The van der Waals surface area contributed by atoms with Crippen molar-refractivity contribution in [3.05, 3.63) is 89.0 Å². The number of benzene rings is 3. The first-order chi connectivity index (χ1) is 19.4. The summed E-state index contributed by atoms with van der Waals surface area (Å²) in [6.07, 6.45) is 6.46. The Hall–Kier alpha value is -3.02. The maximum Gasteiger partial charge on any atom is 0.126 e. The van der Waals surface area contributed by atoms with Crippen molar-refractivity contribution in [3.8, 4) is 11.5 Å². The highest BCUT2D eigenvalue weighted by Gasteiger charge is 2.47. The minimum Gasteiger partial charge on any atom is -0.489 e. The molecule has 5 nitrogen and oxygen atoms in total. The van der Waals surface area contributed by atoms with E-state index in [1.54, 1.807) is 0 Å². The summed E-state index contributed by atoms with van der Waals surface area (Å²) in [5, 5.41) is 3.64. The molecule has 2 saturated heterocycles. The molecule has 5 heteroatoms. The Kier molecular flexibility index (Phi) is 8.04. The van der Waals surface area contributed by atoms with E-state index >= 15 is 0 Å². The van der Waals surface area contributed by atoms with Gasteiger partial charge in [-0.3, -0.25) is 4.90 Å². The molecular weight excluding hydrogens is 496 g/mol. The molecule has 0 amide bonds. The van der Waals surface area contributed by atoms with E-state index in [4.69, 9.17) is 14.2 Å². The number of nitrogens with one attached hydrogen (secondary N) is 1. The molecule has 0 saturated carbocycles. The van der Waals surface area contributed by atoms with Crippen LogP contribution in [-0.4, -0.2) is 29.7 Å². The molecule has 3 atom stereocenters. The van der Waals surface area contributed by atoms with E-state index in [1.807, 2.05) is 6.07 Å². The van der Waals surface area contributed by atoms with Crippen molar-refractivity contribution >= 4 is 5.69 Å². The van der Waals surface area contributed by atoms with E-state index in [0.29, 0.717) is 19.1 Å². The van der Waals surface area contributed by atoms with Gasteiger partial charge in [0.15, 0.2) is 0 Å². The molecule has 3 aromatic carbocycles. The van der Waals surface area contributed by atoms with Gasteiger partial charge >= 0.3 is 0 Å². The van der Waals surface area contributed by atoms with Crippen LogP contribution in [0.15, 0.2) is 66.7 Å². The second kappa shape index (κ2) is 11.8. The Balaban J connectivity index is 1.23. The molecule has 1 N–H and O–H groups in total. The Morgan fingerprint density at radius 2 is 1.70 bits per heavy atom. The van der Waals surface area contributed by atoms with Gasteiger partial charge in [-0.15, -0.1) is 0 Å². The molecule has 3 aliphatic heterocycles. The third-order valence-corrected chi connectivity index (χ3v) is 8.92. The summed E-state index contributed by atoms with van der Waals surface area (Å²) in [6, 6.07) is 23.6. The SMILES string of the molecule is C[C@H]1CC[C@H]2[C@H](O1)c1cc(OCc3ccccc3)c(CNc3ccc(CN4CCCCC4)cc3)cc1OC2(C)C. The van der Waals surface area contributed by atoms with Crippen molar-refractivity contribution in [2.75, 3.05) is 18.4 Å². The van der Waals surface area contributed by atoms with Gasteiger partial charge in [-0.05, 0) is 94.9 Å². The van der Waals surface area contributed by atoms with Crippen LogP contribution in [0, 0.1) is 5.92 Å². The number of anilines is 1. The van der Waals surface area contributed by atoms with Gasteiger partial charge in [0, 0.05) is 35.8 Å². The fraction of sp³-hybridized carbons (Fsp3) is 0.486. The topological polar surface area (TPSA) is 43.0 Å². The first kappa shape index (κ1) is 27.2. The summed E-state index contributed by atoms with van der Waals surface area (Å²) in [6.45, 7) is 11.2. The van der Waals surface area contributed by atoms with E-state index in [0.717, 1.165) is 53.3 Å². The highest BCUT2D eigenvalue weighted by molar-refractivity contribution is 5.52. The average molecular weight is 541 g/mol. The summed E-state index contributed by atoms with van der Waals surface area (Å²) in [5.41, 5.74) is 5.56. The third-order valence-electron chi connectivity index (χ3n) is 8.92. The van der Waals surface area contributed by atoms with E-state index in [1.165, 1.54) is 37.9 Å². The Labute approximate surface area is 239 Å². The van der Waals surface area contributed by atoms with Crippen LogP contribution in [0.3, 0.4) is 0 Å². The first-order valence-electron chi connectivity index (χ1n) is 15.2. The average Bonchev–Trinajstić information content (AvgIpc) is 2.96. The summed E-state index contributed by atoms with van der Waals surface area (Å²) < 4.78 is 19.7. The zero-order valence-corrected chi connectivity index (χ0v) is 24.3. The van der Waals surface area contributed by atoms with Gasteiger partial charge in [-0.2, -0.15) is 0 Å². The van der Waals surface area contributed by atoms with Gasteiger partial charge in [0.1, 0.15) is 23.7 Å². The maximum atomic E-state index is 6.65. The van der Waals surface area contributed by atoms with Crippen molar-refractivity contribution in [2.24, 2.45) is 5.92 Å². The Bertz CT molecular complexity index is 1270. The van der Waals surface area contributed by atoms with Crippen LogP contribution in [0.5, 0.6) is 11.5 Å². The predicted molar refractivity (Wildman–Crippen MR) is 161 cm³/mol. The maximum absolute atomic E-state index is 6.65. The lowest BCUT2D eigenvalue weighted by molar-refractivity contribution is -0.144. The standard InChI is InChI=1S/C35H44N2O3/c1-25-12-17-31-34(39-25)30-21-32(38-24-27-10-6-4-7-11-27)28(20-33(30)40-35(31,2)3)22-36-29-15-13-26(14-16-29)23-37-18-8-5-9-19-37/h4,6-7,10-11,13-16,20-21,25,31,34,36H,5,8-9,12,17-19,22-24H2,1-3H3/t25-,31-,34+/m0/s1. The minimum absolute atomic E-state index is 0.0241. The quantitative estimate of drug-likeness (QED) is 0.315. The van der Waals surface area contributed by atoms with Crippen molar-refractivity contribution in [3.63, 3.8) is 0 Å². The lowest BCUT2D eigenvalue weighted by Gasteiger charge is -2.48. The number of fused-ring (bicyclic) bond motifs is 3. The van der Waals surface area contributed by atoms with Gasteiger partial charge < -0.3 is 19.5 Å². The number of hydrogen-bond acceptors (Lipinski definition) is 5. The first-order valence-corrected chi connectivity index (χ1v) is 15.2. The van der Waals surface area contributed by atoms with Crippen LogP contribution in [0.25, 0.3) is 0 Å². The van der Waals surface area contributed by atoms with Gasteiger partial charge in [-0.25, -0.2) is 0 Å². The van der Waals surface area contributed by atoms with E-state index in [-0.39, 0.29) is 17.8 Å². The van der Waals surface area contributed by atoms with Crippen molar-refractivity contribution in [2.45, 2.75) is 90.4 Å². The molecule has 0 aromatic heterocycles. The van der Waals surface area contributed by atoms with Crippen LogP contribution in [-0.2, 0) is 24.4 Å². The summed E-state index contributed by atoms with van der Waals surface area (Å²) in [5.74, 6) is 2.13. The molecule has 0 spiro atoms. The van der Waals surface area contributed by atoms with Crippen molar-refractivity contribution in [1.29, 1.82) is 0 Å². The number of nitrogens with zero attached hydrogens (tertiary/aromatic N) is 1. The van der Waals surface area contributed by atoms with Crippen molar-refractivity contribution in [1.82, 2.24) is 4.90 Å². The molecule has 0 radical (unpaired) electrons. The molecule has 40 heavy (non-hydrogen) atoms. The Morgan fingerprint density at radius 3 is 2.48 bits per heavy atom. The molecule has 0 aliphatic carbocycles. The van der Waals surface area contributed by atoms with E-state index in [2.05, 4.69) is 91.7 Å². The fourth-order valence-electron chi connectivity index (χ4n) is 6.58. The lowest BCUT2D eigenvalue weighted by Crippen LogP contribution is -2.48. The summed E-state index contributed by atoms with van der Waals surface area (Å²) in [7, 11) is 0. The molecule has 0 unspecified atom stereocenters. The number of hydrogen-bond donors (Lipinski definition) is 1. The molecule has 212 valence electrons. The van der Waals surface area contributed by atoms with Crippen LogP contribution in [0.1, 0.15) is 81.2 Å². The molecule has 3 heterocycles. The zero-order chi connectivity index (χ0) is 27.5. The smallest absolute Gasteiger partial charge is 0.126 e.